The molecule has 0 saturated carbocycles. The van der Waals surface area contributed by atoms with Crippen molar-refractivity contribution >= 4 is 0 Å². The first-order valence-electron chi connectivity index (χ1n) is 7.58. The normalized spacial score (nSPS) is 23.3. The van der Waals surface area contributed by atoms with Gasteiger partial charge in [0.2, 0.25) is 5.89 Å². The van der Waals surface area contributed by atoms with Gasteiger partial charge in [0, 0.05) is 25.8 Å². The van der Waals surface area contributed by atoms with Crippen LogP contribution in [0, 0.1) is 12.7 Å². The second-order valence-corrected chi connectivity index (χ2v) is 5.78. The molecule has 1 N–H and O–H groups in total. The van der Waals surface area contributed by atoms with Crippen LogP contribution in [0.1, 0.15) is 35.8 Å². The van der Waals surface area contributed by atoms with E-state index < -0.39 is 11.9 Å². The molecule has 0 spiro atoms. The van der Waals surface area contributed by atoms with Gasteiger partial charge in [0.1, 0.15) is 5.82 Å². The largest absolute Gasteiger partial charge is 0.387 e. The van der Waals surface area contributed by atoms with E-state index in [9.17, 15) is 9.50 Å². The predicted molar refractivity (Wildman–Crippen MR) is 80.1 cm³/mol. The Morgan fingerprint density at radius 2 is 2.26 bits per heavy atom. The lowest BCUT2D eigenvalue weighted by atomic mass is 10.1. The molecule has 3 rings (SSSR count). The zero-order chi connectivity index (χ0) is 16.4. The Morgan fingerprint density at radius 3 is 2.91 bits per heavy atom. The van der Waals surface area contributed by atoms with Crippen molar-refractivity contribution in [1.82, 2.24) is 15.0 Å². The summed E-state index contributed by atoms with van der Waals surface area (Å²) in [5, 5.41) is 14.2. The Morgan fingerprint density at radius 1 is 1.48 bits per heavy atom. The number of β-amino-alcohol motifs (C(OH)–C–C–N with tert-alkyl or cyclic N) is 1. The molecular formula is C16H20FN3O3. The summed E-state index contributed by atoms with van der Waals surface area (Å²) in [6.07, 6.45) is -0.222. The van der Waals surface area contributed by atoms with E-state index in [-0.39, 0.29) is 24.3 Å². The van der Waals surface area contributed by atoms with E-state index in [4.69, 9.17) is 9.26 Å². The van der Waals surface area contributed by atoms with Crippen LogP contribution >= 0.6 is 0 Å². The lowest BCUT2D eigenvalue weighted by molar-refractivity contribution is 0.0796. The molecule has 0 unspecified atom stereocenters. The van der Waals surface area contributed by atoms with Crippen LogP contribution < -0.4 is 0 Å². The van der Waals surface area contributed by atoms with Gasteiger partial charge in [-0.25, -0.2) is 4.39 Å². The van der Waals surface area contributed by atoms with Crippen LogP contribution in [0.3, 0.4) is 0 Å². The quantitative estimate of drug-likeness (QED) is 0.908. The molecule has 1 aromatic heterocycles. The van der Waals surface area contributed by atoms with Crippen molar-refractivity contribution in [3.8, 4) is 0 Å². The number of nitrogens with zero attached hydrogens (tertiary/aromatic N) is 3. The van der Waals surface area contributed by atoms with E-state index in [0.29, 0.717) is 24.7 Å². The van der Waals surface area contributed by atoms with Gasteiger partial charge in [-0.05, 0) is 19.4 Å². The monoisotopic (exact) mass is 321 g/mol. The van der Waals surface area contributed by atoms with Crippen molar-refractivity contribution in [2.75, 3.05) is 20.2 Å². The molecule has 1 fully saturated rings. The lowest BCUT2D eigenvalue weighted by Crippen LogP contribution is -2.30. The van der Waals surface area contributed by atoms with Crippen LogP contribution in [-0.4, -0.2) is 46.5 Å². The number of halogens is 1. The van der Waals surface area contributed by atoms with Crippen molar-refractivity contribution in [2.45, 2.75) is 31.6 Å². The van der Waals surface area contributed by atoms with Gasteiger partial charge in [-0.15, -0.1) is 0 Å². The number of aliphatic hydroxyl groups excluding tert-OH is 1. The number of aryl methyl sites for hydroxylation is 1. The van der Waals surface area contributed by atoms with E-state index in [0.717, 1.165) is 0 Å². The molecular weight excluding hydrogens is 301 g/mol. The molecule has 1 saturated heterocycles. The summed E-state index contributed by atoms with van der Waals surface area (Å²) < 4.78 is 24.5. The van der Waals surface area contributed by atoms with Gasteiger partial charge in [-0.3, -0.25) is 4.90 Å². The fourth-order valence-electron chi connectivity index (χ4n) is 3.01. The lowest BCUT2D eigenvalue weighted by Gasteiger charge is -2.24. The van der Waals surface area contributed by atoms with Gasteiger partial charge in [0.05, 0.1) is 18.2 Å². The highest BCUT2D eigenvalue weighted by molar-refractivity contribution is 5.20. The van der Waals surface area contributed by atoms with E-state index >= 15 is 0 Å². The second-order valence-electron chi connectivity index (χ2n) is 5.78. The smallest absolute Gasteiger partial charge is 0.244 e. The van der Waals surface area contributed by atoms with Crippen molar-refractivity contribution in [3.05, 3.63) is 47.4 Å². The van der Waals surface area contributed by atoms with Crippen LogP contribution in [-0.2, 0) is 4.74 Å². The van der Waals surface area contributed by atoms with Gasteiger partial charge < -0.3 is 14.4 Å². The fourth-order valence-corrected chi connectivity index (χ4v) is 3.01. The summed E-state index contributed by atoms with van der Waals surface area (Å²) in [5.74, 6) is 0.658. The predicted octanol–water partition coefficient (Wildman–Crippen LogP) is 2.01. The summed E-state index contributed by atoms with van der Waals surface area (Å²) >= 11 is 0. The van der Waals surface area contributed by atoms with Gasteiger partial charge in [0.15, 0.2) is 5.82 Å². The maximum absolute atomic E-state index is 13.8. The van der Waals surface area contributed by atoms with Crippen molar-refractivity contribution < 1.29 is 18.8 Å². The first-order valence-corrected chi connectivity index (χ1v) is 7.58. The fraction of sp³-hybridized carbons (Fsp3) is 0.500. The highest BCUT2D eigenvalue weighted by atomic mass is 19.1. The van der Waals surface area contributed by atoms with Crippen LogP contribution in [0.4, 0.5) is 4.39 Å². The number of likely N-dealkylation sites (tertiary alicyclic amines) is 1. The van der Waals surface area contributed by atoms with E-state index in [1.807, 2.05) is 4.90 Å². The molecule has 0 radical (unpaired) electrons. The van der Waals surface area contributed by atoms with Crippen LogP contribution in [0.5, 0.6) is 0 Å². The third-order valence-electron chi connectivity index (χ3n) is 4.20. The SMILES string of the molecule is CO[C@@H]1C[C@H](c2nc(C)no2)N(C[C@H](O)c2ccccc2F)C1. The van der Waals surface area contributed by atoms with Crippen molar-refractivity contribution in [3.63, 3.8) is 0 Å². The average Bonchev–Trinajstić information content (AvgIpc) is 3.13. The molecule has 1 aliphatic heterocycles. The topological polar surface area (TPSA) is 71.6 Å². The van der Waals surface area contributed by atoms with Crippen LogP contribution in [0.25, 0.3) is 0 Å². The second kappa shape index (κ2) is 6.74. The summed E-state index contributed by atoms with van der Waals surface area (Å²) in [4.78, 5) is 6.28. The number of hydrogen-bond acceptors (Lipinski definition) is 6. The average molecular weight is 321 g/mol. The maximum atomic E-state index is 13.8. The molecule has 0 aliphatic carbocycles. The van der Waals surface area contributed by atoms with Gasteiger partial charge in [0.25, 0.3) is 0 Å². The number of rotatable bonds is 5. The Balaban J connectivity index is 1.77. The number of aliphatic hydroxyl groups is 1. The molecule has 1 aliphatic rings. The summed E-state index contributed by atoms with van der Waals surface area (Å²) in [5.41, 5.74) is 0.286. The zero-order valence-corrected chi connectivity index (χ0v) is 13.1. The molecule has 2 aromatic rings. The van der Waals surface area contributed by atoms with E-state index in [1.54, 1.807) is 32.2 Å². The first kappa shape index (κ1) is 16.0. The Hall–Kier alpha value is -1.83. The Bertz CT molecular complexity index is 664. The van der Waals surface area contributed by atoms with Crippen LogP contribution in [0.2, 0.25) is 0 Å². The van der Waals surface area contributed by atoms with Crippen molar-refractivity contribution in [1.29, 1.82) is 0 Å². The molecule has 6 nitrogen and oxygen atoms in total. The molecule has 2 heterocycles. The highest BCUT2D eigenvalue weighted by Gasteiger charge is 2.37. The molecule has 1 aromatic carbocycles. The number of aromatic nitrogens is 2. The summed E-state index contributed by atoms with van der Waals surface area (Å²) in [7, 11) is 1.65. The minimum absolute atomic E-state index is 0.0139. The van der Waals surface area contributed by atoms with E-state index in [1.165, 1.54) is 6.07 Å². The summed E-state index contributed by atoms with van der Waals surface area (Å²) in [6, 6.07) is 6.12. The third kappa shape index (κ3) is 3.41. The molecule has 0 amide bonds. The van der Waals surface area contributed by atoms with Gasteiger partial charge in [-0.1, -0.05) is 23.4 Å². The number of ether oxygens (including phenoxy) is 1. The molecule has 124 valence electrons. The highest BCUT2D eigenvalue weighted by Crippen LogP contribution is 2.34. The summed E-state index contributed by atoms with van der Waals surface area (Å²) in [6.45, 7) is 2.65. The minimum Gasteiger partial charge on any atom is -0.387 e. The number of hydrogen-bond donors (Lipinski definition) is 1. The molecule has 7 heteroatoms. The van der Waals surface area contributed by atoms with Gasteiger partial charge in [-0.2, -0.15) is 4.98 Å². The Kier molecular flexibility index (Phi) is 4.70. The number of methoxy groups -OCH3 is 1. The molecule has 23 heavy (non-hydrogen) atoms. The zero-order valence-electron chi connectivity index (χ0n) is 13.1. The third-order valence-corrected chi connectivity index (χ3v) is 4.20. The molecule has 3 atom stereocenters. The standard InChI is InChI=1S/C16H20FN3O3/c1-10-18-16(23-19-10)14-7-11(22-2)8-20(14)9-15(21)12-5-3-4-6-13(12)17/h3-6,11,14-15,21H,7-9H2,1-2H3/t11-,14-,15+/m1/s1. The van der Waals surface area contributed by atoms with Crippen molar-refractivity contribution in [2.24, 2.45) is 0 Å². The maximum Gasteiger partial charge on any atom is 0.244 e. The number of benzene rings is 1. The first-order chi connectivity index (χ1) is 11.1. The van der Waals surface area contributed by atoms with Gasteiger partial charge >= 0.3 is 0 Å². The van der Waals surface area contributed by atoms with Crippen LogP contribution in [0.15, 0.2) is 28.8 Å². The Labute approximate surface area is 133 Å². The van der Waals surface area contributed by atoms with E-state index in [2.05, 4.69) is 10.1 Å². The molecule has 0 bridgehead atoms. The minimum atomic E-state index is -0.932.